The molecule has 0 unspecified atom stereocenters. The second kappa shape index (κ2) is 8.05. The molecule has 7 rings (SSSR count). The predicted molar refractivity (Wildman–Crippen MR) is 158 cm³/mol. The number of benzene rings is 3. The Morgan fingerprint density at radius 1 is 0.500 bits per heavy atom. The van der Waals surface area contributed by atoms with Gasteiger partial charge in [-0.2, -0.15) is 0 Å². The molecule has 8 heteroatoms. The van der Waals surface area contributed by atoms with Crippen LogP contribution in [0, 0.1) is 0 Å². The predicted octanol–water partition coefficient (Wildman–Crippen LogP) is 12.0. The van der Waals surface area contributed by atoms with E-state index in [4.69, 9.17) is 8.83 Å². The van der Waals surface area contributed by atoms with E-state index in [0.717, 1.165) is 61.1 Å². The summed E-state index contributed by atoms with van der Waals surface area (Å²) in [6.45, 7) is 0. The molecule has 0 aliphatic heterocycles. The van der Waals surface area contributed by atoms with Gasteiger partial charge in [0.25, 0.3) is 0 Å². The van der Waals surface area contributed by atoms with Crippen LogP contribution in [0.2, 0.25) is 0 Å². The maximum Gasteiger partial charge on any atom is 0.160 e. The number of rotatable bonds is 2. The van der Waals surface area contributed by atoms with Crippen molar-refractivity contribution in [1.29, 1.82) is 0 Å². The fourth-order valence-corrected chi connectivity index (χ4v) is 9.64. The summed E-state index contributed by atoms with van der Waals surface area (Å²) in [6, 6.07) is 20.8. The van der Waals surface area contributed by atoms with Crippen LogP contribution in [0.25, 0.3) is 63.4 Å². The van der Waals surface area contributed by atoms with Gasteiger partial charge in [-0.15, -0.1) is 22.7 Å². The summed E-state index contributed by atoms with van der Waals surface area (Å²) in [5.74, 6) is 1.64. The minimum absolute atomic E-state index is 0.808. The monoisotopic (exact) mass is 734 g/mol. The van der Waals surface area contributed by atoms with Gasteiger partial charge in [0, 0.05) is 39.9 Å². The van der Waals surface area contributed by atoms with Gasteiger partial charge in [-0.25, -0.2) is 0 Å². The standard InChI is InChI=1S/C26H10Br4O2S2/c27-19-13-9-16-14(20(28)24(32-16)26-22(30)12-6-2-4-8-18(12)34-26)10-15(13)31-23(19)25-21(29)11-5-1-3-7-17(11)33-25/h1-10H. The Kier molecular flexibility index (Phi) is 5.17. The highest BCUT2D eigenvalue weighted by atomic mass is 79.9. The summed E-state index contributed by atoms with van der Waals surface area (Å²) in [7, 11) is 0. The van der Waals surface area contributed by atoms with Crippen molar-refractivity contribution >= 4 is 129 Å². The second-order valence-electron chi connectivity index (χ2n) is 7.82. The second-order valence-corrected chi connectivity index (χ2v) is 13.1. The van der Waals surface area contributed by atoms with Crippen molar-refractivity contribution in [2.45, 2.75) is 0 Å². The highest BCUT2D eigenvalue weighted by molar-refractivity contribution is 9.11. The van der Waals surface area contributed by atoms with Crippen LogP contribution in [0.3, 0.4) is 0 Å². The van der Waals surface area contributed by atoms with Gasteiger partial charge < -0.3 is 8.83 Å². The zero-order valence-electron chi connectivity index (χ0n) is 16.9. The molecule has 0 radical (unpaired) electrons. The maximum atomic E-state index is 6.41. The smallest absolute Gasteiger partial charge is 0.160 e. The normalized spacial score (nSPS) is 12.1. The quantitative estimate of drug-likeness (QED) is 0.177. The molecular weight excluding hydrogens is 728 g/mol. The van der Waals surface area contributed by atoms with E-state index in [1.807, 2.05) is 0 Å². The first-order valence-corrected chi connectivity index (χ1v) is 15.0. The van der Waals surface area contributed by atoms with E-state index in [9.17, 15) is 0 Å². The van der Waals surface area contributed by atoms with Gasteiger partial charge in [0.05, 0.1) is 18.7 Å². The molecule has 4 aromatic heterocycles. The zero-order chi connectivity index (χ0) is 23.1. The first-order valence-electron chi connectivity index (χ1n) is 10.2. The minimum atomic E-state index is 0.808. The van der Waals surface area contributed by atoms with E-state index in [1.165, 1.54) is 20.2 Å². The van der Waals surface area contributed by atoms with Crippen LogP contribution in [0.1, 0.15) is 0 Å². The average Bonchev–Trinajstić information content (AvgIpc) is 3.56. The summed E-state index contributed by atoms with van der Waals surface area (Å²) >= 11 is 18.6. The maximum absolute atomic E-state index is 6.41. The molecule has 0 N–H and O–H groups in total. The summed E-state index contributed by atoms with van der Waals surface area (Å²) in [5, 5.41) is 4.33. The molecule has 0 amide bonds. The fourth-order valence-electron chi connectivity index (χ4n) is 4.24. The number of thiophene rings is 2. The summed E-state index contributed by atoms with van der Waals surface area (Å²) in [6.07, 6.45) is 0. The van der Waals surface area contributed by atoms with Gasteiger partial charge >= 0.3 is 0 Å². The molecule has 0 aliphatic rings. The van der Waals surface area contributed by atoms with Crippen LogP contribution in [-0.4, -0.2) is 0 Å². The van der Waals surface area contributed by atoms with Crippen molar-refractivity contribution in [2.24, 2.45) is 0 Å². The topological polar surface area (TPSA) is 26.3 Å². The molecule has 4 heterocycles. The lowest BCUT2D eigenvalue weighted by Gasteiger charge is -1.95. The van der Waals surface area contributed by atoms with Gasteiger partial charge in [0.2, 0.25) is 0 Å². The molecule has 0 saturated carbocycles. The van der Waals surface area contributed by atoms with Crippen molar-refractivity contribution in [3.8, 4) is 21.3 Å². The number of hydrogen-bond acceptors (Lipinski definition) is 4. The molecular formula is C26H10Br4O2S2. The Morgan fingerprint density at radius 3 is 1.32 bits per heavy atom. The fraction of sp³-hybridized carbons (Fsp3) is 0. The van der Waals surface area contributed by atoms with E-state index in [2.05, 4.69) is 124 Å². The van der Waals surface area contributed by atoms with Crippen LogP contribution in [0.5, 0.6) is 0 Å². The Bertz CT molecular complexity index is 1780. The minimum Gasteiger partial charge on any atom is -0.454 e. The van der Waals surface area contributed by atoms with Crippen LogP contribution in [0.15, 0.2) is 87.4 Å². The van der Waals surface area contributed by atoms with Crippen LogP contribution < -0.4 is 0 Å². The molecule has 0 atom stereocenters. The van der Waals surface area contributed by atoms with Gasteiger partial charge in [0.1, 0.15) is 11.2 Å². The largest absolute Gasteiger partial charge is 0.454 e. The molecule has 0 bridgehead atoms. The van der Waals surface area contributed by atoms with Crippen molar-refractivity contribution < 1.29 is 8.83 Å². The summed E-state index contributed by atoms with van der Waals surface area (Å²) < 4.78 is 19.2. The Balaban J connectivity index is 1.43. The third-order valence-electron chi connectivity index (χ3n) is 5.86. The number of furan rings is 2. The van der Waals surface area contributed by atoms with Crippen LogP contribution in [0.4, 0.5) is 0 Å². The molecule has 0 spiro atoms. The van der Waals surface area contributed by atoms with Crippen molar-refractivity contribution in [1.82, 2.24) is 0 Å². The molecule has 3 aromatic carbocycles. The van der Waals surface area contributed by atoms with E-state index < -0.39 is 0 Å². The Hall–Kier alpha value is -1.42. The molecule has 0 saturated heterocycles. The van der Waals surface area contributed by atoms with Gasteiger partial charge in [-0.3, -0.25) is 0 Å². The van der Waals surface area contributed by atoms with Crippen molar-refractivity contribution in [2.75, 3.05) is 0 Å². The van der Waals surface area contributed by atoms with Gasteiger partial charge in [-0.1, -0.05) is 36.4 Å². The Labute approximate surface area is 235 Å². The third-order valence-corrected chi connectivity index (χ3v) is 11.9. The zero-order valence-corrected chi connectivity index (χ0v) is 24.9. The lowest BCUT2D eigenvalue weighted by atomic mass is 10.2. The van der Waals surface area contributed by atoms with Crippen LogP contribution in [-0.2, 0) is 0 Å². The number of hydrogen-bond donors (Lipinski definition) is 0. The third kappa shape index (κ3) is 3.12. The summed E-state index contributed by atoms with van der Waals surface area (Å²) in [5.41, 5.74) is 1.62. The van der Waals surface area contributed by atoms with Crippen LogP contribution >= 0.6 is 86.4 Å². The van der Waals surface area contributed by atoms with Crippen molar-refractivity contribution in [3.63, 3.8) is 0 Å². The number of halogens is 4. The Morgan fingerprint density at radius 2 is 0.912 bits per heavy atom. The molecule has 0 aliphatic carbocycles. The highest BCUT2D eigenvalue weighted by Gasteiger charge is 2.24. The molecule has 7 aromatic rings. The lowest BCUT2D eigenvalue weighted by Crippen LogP contribution is -1.70. The van der Waals surface area contributed by atoms with E-state index in [0.29, 0.717) is 0 Å². The van der Waals surface area contributed by atoms with Gasteiger partial charge in [0.15, 0.2) is 11.5 Å². The molecule has 34 heavy (non-hydrogen) atoms. The SMILES string of the molecule is Brc1c(-c2sc3ccccc3c2Br)oc2cc3c(Br)c(-c4sc5ccccc5c4Br)oc3cc12. The molecule has 2 nitrogen and oxygen atoms in total. The van der Waals surface area contributed by atoms with Crippen molar-refractivity contribution in [3.05, 3.63) is 78.6 Å². The highest BCUT2D eigenvalue weighted by Crippen LogP contribution is 2.51. The lowest BCUT2D eigenvalue weighted by molar-refractivity contribution is 0.627. The molecule has 0 fully saturated rings. The first kappa shape index (κ1) is 21.8. The van der Waals surface area contributed by atoms with E-state index in [1.54, 1.807) is 22.7 Å². The van der Waals surface area contributed by atoms with Gasteiger partial charge in [-0.05, 0) is 88.0 Å². The average molecular weight is 738 g/mol. The first-order chi connectivity index (χ1) is 16.5. The number of fused-ring (bicyclic) bond motifs is 4. The van der Waals surface area contributed by atoms with E-state index in [-0.39, 0.29) is 0 Å². The summed E-state index contributed by atoms with van der Waals surface area (Å²) in [4.78, 5) is 2.13. The van der Waals surface area contributed by atoms with E-state index >= 15 is 0 Å². The molecule has 166 valence electrons.